The summed E-state index contributed by atoms with van der Waals surface area (Å²) in [7, 11) is 0. The molecule has 0 radical (unpaired) electrons. The van der Waals surface area contributed by atoms with Gasteiger partial charge in [-0.25, -0.2) is 0 Å². The molecule has 0 heterocycles. The summed E-state index contributed by atoms with van der Waals surface area (Å²) in [6.45, 7) is 0. The Balaban J connectivity index is 1.85. The number of halogens is 1. The first-order valence-electron chi connectivity index (χ1n) is 8.32. The number of benzene rings is 3. The molecule has 0 saturated heterocycles. The number of nitrogens with one attached hydrogen (secondary N) is 2. The lowest BCUT2D eigenvalue weighted by atomic mass is 10.1. The van der Waals surface area contributed by atoms with Gasteiger partial charge in [-0.15, -0.1) is 0 Å². The van der Waals surface area contributed by atoms with E-state index in [2.05, 4.69) is 26.6 Å². The summed E-state index contributed by atoms with van der Waals surface area (Å²) in [4.78, 5) is 25.3. The Morgan fingerprint density at radius 3 is 2.00 bits per heavy atom. The van der Waals surface area contributed by atoms with Crippen molar-refractivity contribution in [1.82, 2.24) is 5.32 Å². The van der Waals surface area contributed by atoms with E-state index in [0.29, 0.717) is 11.3 Å². The third-order valence-corrected chi connectivity index (χ3v) is 4.27. The molecule has 0 fully saturated rings. The minimum atomic E-state index is -0.398. The third kappa shape index (κ3) is 5.39. The van der Waals surface area contributed by atoms with E-state index >= 15 is 0 Å². The highest BCUT2D eigenvalue weighted by molar-refractivity contribution is 9.10. The van der Waals surface area contributed by atoms with Crippen molar-refractivity contribution in [3.63, 3.8) is 0 Å². The number of rotatable bonds is 5. The van der Waals surface area contributed by atoms with Gasteiger partial charge in [0.05, 0.1) is 0 Å². The Hall–Kier alpha value is -3.18. The number of amides is 2. The maximum absolute atomic E-state index is 12.8. The van der Waals surface area contributed by atoms with Crippen LogP contribution in [0.15, 0.2) is 95.1 Å². The number of hydrogen-bond acceptors (Lipinski definition) is 2. The summed E-state index contributed by atoms with van der Waals surface area (Å²) >= 11 is 3.36. The van der Waals surface area contributed by atoms with Crippen molar-refractivity contribution >= 4 is 39.5 Å². The Bertz CT molecular complexity index is 953. The Morgan fingerprint density at radius 2 is 1.37 bits per heavy atom. The van der Waals surface area contributed by atoms with Crippen LogP contribution in [0.3, 0.4) is 0 Å². The summed E-state index contributed by atoms with van der Waals surface area (Å²) in [5.74, 6) is -0.741. The highest BCUT2D eigenvalue weighted by Gasteiger charge is 2.15. The smallest absolute Gasteiger partial charge is 0.272 e. The van der Waals surface area contributed by atoms with Crippen molar-refractivity contribution < 1.29 is 9.59 Å². The Morgan fingerprint density at radius 1 is 0.778 bits per heavy atom. The molecule has 134 valence electrons. The lowest BCUT2D eigenvalue weighted by molar-refractivity contribution is -0.113. The summed E-state index contributed by atoms with van der Waals surface area (Å²) in [6.07, 6.45) is 1.65. The molecule has 3 aromatic carbocycles. The van der Waals surface area contributed by atoms with Crippen molar-refractivity contribution in [1.29, 1.82) is 0 Å². The van der Waals surface area contributed by atoms with E-state index in [1.54, 1.807) is 42.5 Å². The molecule has 3 aromatic rings. The van der Waals surface area contributed by atoms with Crippen LogP contribution in [0.2, 0.25) is 0 Å². The highest BCUT2D eigenvalue weighted by atomic mass is 79.9. The molecule has 0 aliphatic heterocycles. The molecule has 3 rings (SSSR count). The zero-order valence-corrected chi connectivity index (χ0v) is 15.9. The Kier molecular flexibility index (Phi) is 6.18. The molecule has 27 heavy (non-hydrogen) atoms. The van der Waals surface area contributed by atoms with E-state index in [0.717, 1.165) is 10.0 Å². The van der Waals surface area contributed by atoms with Crippen molar-refractivity contribution in [2.75, 3.05) is 5.32 Å². The van der Waals surface area contributed by atoms with Crippen LogP contribution >= 0.6 is 15.9 Å². The van der Waals surface area contributed by atoms with Crippen LogP contribution in [0.1, 0.15) is 15.9 Å². The average Bonchev–Trinajstić information content (AvgIpc) is 2.70. The molecule has 2 amide bonds. The summed E-state index contributed by atoms with van der Waals surface area (Å²) in [6, 6.07) is 25.4. The van der Waals surface area contributed by atoms with Gasteiger partial charge in [-0.2, -0.15) is 0 Å². The van der Waals surface area contributed by atoms with Gasteiger partial charge in [-0.05, 0) is 48.0 Å². The third-order valence-electron chi connectivity index (χ3n) is 3.74. The lowest BCUT2D eigenvalue weighted by Crippen LogP contribution is -2.30. The number of anilines is 1. The van der Waals surface area contributed by atoms with Crippen LogP contribution in [0.25, 0.3) is 6.08 Å². The van der Waals surface area contributed by atoms with Gasteiger partial charge < -0.3 is 10.6 Å². The van der Waals surface area contributed by atoms with Crippen molar-refractivity contribution in [2.24, 2.45) is 0 Å². The van der Waals surface area contributed by atoms with Crippen LogP contribution < -0.4 is 10.6 Å². The number of carbonyl (C=O) groups is 2. The topological polar surface area (TPSA) is 58.2 Å². The van der Waals surface area contributed by atoms with Gasteiger partial charge in [0.25, 0.3) is 11.8 Å². The molecule has 0 aromatic heterocycles. The standard InChI is InChI=1S/C22H17BrN2O2/c23-18-11-13-19(14-12-18)24-22(27)20(15-16-7-3-1-4-8-16)25-21(26)17-9-5-2-6-10-17/h1-15H,(H,24,27)(H,25,26)/b20-15-. The molecular weight excluding hydrogens is 404 g/mol. The van der Waals surface area contributed by atoms with E-state index in [-0.39, 0.29) is 11.6 Å². The Labute approximate surface area is 166 Å². The second-order valence-electron chi connectivity index (χ2n) is 5.75. The first-order valence-corrected chi connectivity index (χ1v) is 9.11. The van der Waals surface area contributed by atoms with Gasteiger partial charge in [0, 0.05) is 15.7 Å². The first kappa shape index (κ1) is 18.6. The molecular formula is C22H17BrN2O2. The summed E-state index contributed by atoms with van der Waals surface area (Å²) < 4.78 is 0.915. The normalized spacial score (nSPS) is 10.9. The van der Waals surface area contributed by atoms with E-state index < -0.39 is 5.91 Å². The molecule has 2 N–H and O–H groups in total. The fraction of sp³-hybridized carbons (Fsp3) is 0. The maximum atomic E-state index is 12.8. The zero-order chi connectivity index (χ0) is 19.1. The molecule has 0 bridgehead atoms. The molecule has 0 spiro atoms. The van der Waals surface area contributed by atoms with Crippen molar-refractivity contribution in [3.8, 4) is 0 Å². The molecule has 0 aliphatic carbocycles. The fourth-order valence-corrected chi connectivity index (χ4v) is 2.65. The van der Waals surface area contributed by atoms with Crippen molar-refractivity contribution in [2.45, 2.75) is 0 Å². The van der Waals surface area contributed by atoms with Gasteiger partial charge in [-0.1, -0.05) is 64.5 Å². The van der Waals surface area contributed by atoms with Gasteiger partial charge in [0.2, 0.25) is 0 Å². The molecule has 4 nitrogen and oxygen atoms in total. The van der Waals surface area contributed by atoms with Gasteiger partial charge in [-0.3, -0.25) is 9.59 Å². The fourth-order valence-electron chi connectivity index (χ4n) is 2.39. The highest BCUT2D eigenvalue weighted by Crippen LogP contribution is 2.15. The molecule has 5 heteroatoms. The monoisotopic (exact) mass is 420 g/mol. The SMILES string of the molecule is O=C(Nc1ccc(Br)cc1)/C(=C/c1ccccc1)NC(=O)c1ccccc1. The van der Waals surface area contributed by atoms with Gasteiger partial charge >= 0.3 is 0 Å². The maximum Gasteiger partial charge on any atom is 0.272 e. The first-order chi connectivity index (χ1) is 13.1. The second-order valence-corrected chi connectivity index (χ2v) is 6.67. The van der Waals surface area contributed by atoms with E-state index in [4.69, 9.17) is 0 Å². The summed E-state index contributed by atoms with van der Waals surface area (Å²) in [5, 5.41) is 5.52. The minimum Gasteiger partial charge on any atom is -0.321 e. The molecule has 0 saturated carbocycles. The predicted octanol–water partition coefficient (Wildman–Crippen LogP) is 4.86. The van der Waals surface area contributed by atoms with E-state index in [1.165, 1.54) is 0 Å². The van der Waals surface area contributed by atoms with Crippen LogP contribution in [-0.4, -0.2) is 11.8 Å². The second kappa shape index (κ2) is 8.96. The van der Waals surface area contributed by atoms with Gasteiger partial charge in [0.15, 0.2) is 0 Å². The lowest BCUT2D eigenvalue weighted by Gasteiger charge is -2.11. The molecule has 0 atom stereocenters. The average molecular weight is 421 g/mol. The zero-order valence-electron chi connectivity index (χ0n) is 14.4. The number of carbonyl (C=O) groups excluding carboxylic acids is 2. The predicted molar refractivity (Wildman–Crippen MR) is 111 cm³/mol. The molecule has 0 unspecified atom stereocenters. The van der Waals surface area contributed by atoms with Crippen LogP contribution in [0.5, 0.6) is 0 Å². The minimum absolute atomic E-state index is 0.165. The van der Waals surface area contributed by atoms with Crippen LogP contribution in [0.4, 0.5) is 5.69 Å². The van der Waals surface area contributed by atoms with Crippen LogP contribution in [0, 0.1) is 0 Å². The summed E-state index contributed by atoms with van der Waals surface area (Å²) in [5.41, 5.74) is 2.09. The van der Waals surface area contributed by atoms with Crippen molar-refractivity contribution in [3.05, 3.63) is 106 Å². The van der Waals surface area contributed by atoms with E-state index in [9.17, 15) is 9.59 Å². The molecule has 0 aliphatic rings. The van der Waals surface area contributed by atoms with Gasteiger partial charge in [0.1, 0.15) is 5.70 Å². The van der Waals surface area contributed by atoms with Crippen LogP contribution in [-0.2, 0) is 4.79 Å². The quantitative estimate of drug-likeness (QED) is 0.579. The number of hydrogen-bond donors (Lipinski definition) is 2. The van der Waals surface area contributed by atoms with E-state index in [1.807, 2.05) is 48.5 Å². The largest absolute Gasteiger partial charge is 0.321 e.